The molecule has 27 heavy (non-hydrogen) atoms. The number of halogens is 4. The van der Waals surface area contributed by atoms with Crippen molar-refractivity contribution in [1.82, 2.24) is 10.1 Å². The first-order chi connectivity index (χ1) is 12.8. The molecule has 1 heterocycles. The number of anilines is 1. The van der Waals surface area contributed by atoms with Crippen molar-refractivity contribution in [3.63, 3.8) is 0 Å². The van der Waals surface area contributed by atoms with Gasteiger partial charge >= 0.3 is 6.18 Å². The van der Waals surface area contributed by atoms with Crippen molar-refractivity contribution in [1.29, 1.82) is 0 Å². The van der Waals surface area contributed by atoms with Crippen LogP contribution in [0.25, 0.3) is 11.4 Å². The third kappa shape index (κ3) is 4.90. The van der Waals surface area contributed by atoms with Gasteiger partial charge in [0.25, 0.3) is 0 Å². The summed E-state index contributed by atoms with van der Waals surface area (Å²) in [5.41, 5.74) is -0.102. The van der Waals surface area contributed by atoms with Crippen LogP contribution in [0.3, 0.4) is 0 Å². The number of nitrogens with zero attached hydrogens (tertiary/aromatic N) is 2. The van der Waals surface area contributed by atoms with Gasteiger partial charge in [-0.25, -0.2) is 4.39 Å². The first kappa shape index (κ1) is 18.6. The number of carbonyl (C=O) groups is 1. The van der Waals surface area contributed by atoms with Crippen molar-refractivity contribution >= 4 is 11.6 Å². The summed E-state index contributed by atoms with van der Waals surface area (Å²) in [5.74, 6) is -0.459. The molecule has 0 aliphatic carbocycles. The van der Waals surface area contributed by atoms with Gasteiger partial charge in [-0.1, -0.05) is 17.3 Å². The average Bonchev–Trinajstić information content (AvgIpc) is 3.09. The second-order valence-corrected chi connectivity index (χ2v) is 5.65. The van der Waals surface area contributed by atoms with Gasteiger partial charge in [0.15, 0.2) is 0 Å². The van der Waals surface area contributed by atoms with E-state index in [-0.39, 0.29) is 30.2 Å². The van der Waals surface area contributed by atoms with E-state index in [4.69, 9.17) is 4.52 Å². The van der Waals surface area contributed by atoms with Crippen molar-refractivity contribution in [2.75, 3.05) is 5.32 Å². The third-order valence-corrected chi connectivity index (χ3v) is 3.61. The van der Waals surface area contributed by atoms with E-state index in [1.165, 1.54) is 30.3 Å². The number of aromatic nitrogens is 2. The smallest absolute Gasteiger partial charge is 0.339 e. The van der Waals surface area contributed by atoms with E-state index in [2.05, 4.69) is 15.5 Å². The number of alkyl halides is 3. The second-order valence-electron chi connectivity index (χ2n) is 5.65. The molecule has 140 valence electrons. The Kier molecular flexibility index (Phi) is 5.20. The lowest BCUT2D eigenvalue weighted by molar-refractivity contribution is -0.137. The van der Waals surface area contributed by atoms with Gasteiger partial charge in [-0.05, 0) is 36.4 Å². The maximum atomic E-state index is 13.2. The quantitative estimate of drug-likeness (QED) is 0.665. The summed E-state index contributed by atoms with van der Waals surface area (Å²) < 4.78 is 55.8. The lowest BCUT2D eigenvalue weighted by Crippen LogP contribution is -2.13. The summed E-state index contributed by atoms with van der Waals surface area (Å²) in [6.45, 7) is 0. The van der Waals surface area contributed by atoms with Crippen molar-refractivity contribution in [2.45, 2.75) is 19.0 Å². The maximum Gasteiger partial charge on any atom is 0.416 e. The van der Waals surface area contributed by atoms with E-state index < -0.39 is 23.5 Å². The SMILES string of the molecule is O=C(CCc1nc(-c2cccc(F)c2)no1)Nc1ccc(C(F)(F)F)cc1. The molecule has 1 amide bonds. The van der Waals surface area contributed by atoms with Gasteiger partial charge in [-0.3, -0.25) is 4.79 Å². The van der Waals surface area contributed by atoms with Crippen LogP contribution in [0.2, 0.25) is 0 Å². The minimum absolute atomic E-state index is 0.00813. The summed E-state index contributed by atoms with van der Waals surface area (Å²) >= 11 is 0. The molecule has 1 aromatic heterocycles. The number of aryl methyl sites for hydroxylation is 1. The normalized spacial score (nSPS) is 11.4. The molecule has 0 aliphatic heterocycles. The van der Waals surface area contributed by atoms with Crippen molar-refractivity contribution in [3.05, 3.63) is 65.8 Å². The molecule has 0 saturated heterocycles. The fourth-order valence-electron chi connectivity index (χ4n) is 2.29. The first-order valence-electron chi connectivity index (χ1n) is 7.87. The van der Waals surface area contributed by atoms with Crippen LogP contribution in [0.4, 0.5) is 23.2 Å². The average molecular weight is 379 g/mol. The molecule has 3 rings (SSSR count). The predicted octanol–water partition coefficient (Wildman–Crippen LogP) is 4.47. The number of nitrogens with one attached hydrogen (secondary N) is 1. The fraction of sp³-hybridized carbons (Fsp3) is 0.167. The molecule has 0 spiro atoms. The molecule has 9 heteroatoms. The van der Waals surface area contributed by atoms with Crippen molar-refractivity contribution in [3.8, 4) is 11.4 Å². The lowest BCUT2D eigenvalue weighted by atomic mass is 10.2. The maximum absolute atomic E-state index is 13.2. The number of benzene rings is 2. The summed E-state index contributed by atoms with van der Waals surface area (Å²) in [6, 6.07) is 9.80. The highest BCUT2D eigenvalue weighted by Crippen LogP contribution is 2.29. The second kappa shape index (κ2) is 7.56. The van der Waals surface area contributed by atoms with Gasteiger partial charge in [-0.2, -0.15) is 18.2 Å². The van der Waals surface area contributed by atoms with E-state index in [9.17, 15) is 22.4 Å². The molecule has 0 unspecified atom stereocenters. The van der Waals surface area contributed by atoms with E-state index in [1.807, 2.05) is 0 Å². The largest absolute Gasteiger partial charge is 0.416 e. The van der Waals surface area contributed by atoms with Crippen LogP contribution in [0.5, 0.6) is 0 Å². The zero-order valence-corrected chi connectivity index (χ0v) is 13.8. The summed E-state index contributed by atoms with van der Waals surface area (Å²) in [5, 5.41) is 6.22. The van der Waals surface area contributed by atoms with Crippen molar-refractivity contribution in [2.24, 2.45) is 0 Å². The number of hydrogen-bond donors (Lipinski definition) is 1. The van der Waals surface area contributed by atoms with Gasteiger partial charge in [0.05, 0.1) is 5.56 Å². The van der Waals surface area contributed by atoms with Crippen LogP contribution in [-0.4, -0.2) is 16.0 Å². The Labute approximate surface area is 151 Å². The van der Waals surface area contributed by atoms with Crippen LogP contribution in [-0.2, 0) is 17.4 Å². The molecule has 0 bridgehead atoms. The van der Waals surface area contributed by atoms with Crippen molar-refractivity contribution < 1.29 is 26.9 Å². The van der Waals surface area contributed by atoms with E-state index in [1.54, 1.807) is 6.07 Å². The Morgan fingerprint density at radius 1 is 1.11 bits per heavy atom. The Morgan fingerprint density at radius 2 is 1.85 bits per heavy atom. The topological polar surface area (TPSA) is 68.0 Å². The molecular weight excluding hydrogens is 366 g/mol. The Balaban J connectivity index is 1.55. The summed E-state index contributed by atoms with van der Waals surface area (Å²) in [4.78, 5) is 16.0. The number of amides is 1. The minimum atomic E-state index is -4.43. The fourth-order valence-corrected chi connectivity index (χ4v) is 2.29. The van der Waals surface area contributed by atoms with E-state index >= 15 is 0 Å². The van der Waals surface area contributed by atoms with Crippen LogP contribution in [0.1, 0.15) is 17.9 Å². The monoisotopic (exact) mass is 379 g/mol. The Morgan fingerprint density at radius 3 is 2.52 bits per heavy atom. The molecule has 0 atom stereocenters. The molecule has 2 aromatic carbocycles. The molecule has 0 fully saturated rings. The highest BCUT2D eigenvalue weighted by molar-refractivity contribution is 5.90. The summed E-state index contributed by atoms with van der Waals surface area (Å²) in [6.07, 6.45) is -4.31. The molecule has 1 N–H and O–H groups in total. The standard InChI is InChI=1S/C18H13F4N3O2/c19-13-3-1-2-11(10-13)17-24-16(27-25-17)9-8-15(26)23-14-6-4-12(5-7-14)18(20,21)22/h1-7,10H,8-9H2,(H,23,26). The van der Waals surface area contributed by atoms with Gasteiger partial charge in [0, 0.05) is 24.1 Å². The third-order valence-electron chi connectivity index (χ3n) is 3.61. The molecule has 0 radical (unpaired) electrons. The lowest BCUT2D eigenvalue weighted by Gasteiger charge is -2.08. The molecule has 3 aromatic rings. The van der Waals surface area contributed by atoms with Gasteiger partial charge < -0.3 is 9.84 Å². The van der Waals surface area contributed by atoms with Crippen LogP contribution in [0.15, 0.2) is 53.1 Å². The van der Waals surface area contributed by atoms with Gasteiger partial charge in [-0.15, -0.1) is 0 Å². The predicted molar refractivity (Wildman–Crippen MR) is 88.1 cm³/mol. The number of hydrogen-bond acceptors (Lipinski definition) is 4. The minimum Gasteiger partial charge on any atom is -0.339 e. The van der Waals surface area contributed by atoms with Crippen LogP contribution < -0.4 is 5.32 Å². The molecule has 0 aliphatic rings. The van der Waals surface area contributed by atoms with E-state index in [0.29, 0.717) is 5.56 Å². The van der Waals surface area contributed by atoms with Crippen LogP contribution >= 0.6 is 0 Å². The number of carbonyl (C=O) groups excluding carboxylic acids is 1. The molecular formula is C18H13F4N3O2. The first-order valence-corrected chi connectivity index (χ1v) is 7.87. The highest BCUT2D eigenvalue weighted by Gasteiger charge is 2.29. The van der Waals surface area contributed by atoms with Gasteiger partial charge in [0.1, 0.15) is 5.82 Å². The highest BCUT2D eigenvalue weighted by atomic mass is 19.4. The van der Waals surface area contributed by atoms with Crippen LogP contribution in [0, 0.1) is 5.82 Å². The molecule has 0 saturated carbocycles. The zero-order valence-electron chi connectivity index (χ0n) is 13.8. The Bertz CT molecular complexity index is 936. The van der Waals surface area contributed by atoms with Gasteiger partial charge in [0.2, 0.25) is 17.6 Å². The Hall–Kier alpha value is -3.23. The number of rotatable bonds is 5. The summed E-state index contributed by atoms with van der Waals surface area (Å²) in [7, 11) is 0. The zero-order chi connectivity index (χ0) is 19.4. The van der Waals surface area contributed by atoms with E-state index in [0.717, 1.165) is 12.1 Å². The molecule has 5 nitrogen and oxygen atoms in total.